The van der Waals surface area contributed by atoms with E-state index in [1.807, 2.05) is 66.7 Å². The lowest BCUT2D eigenvalue weighted by Crippen LogP contribution is -2.32. The first kappa shape index (κ1) is 20.2. The summed E-state index contributed by atoms with van der Waals surface area (Å²) in [7, 11) is 0. The van der Waals surface area contributed by atoms with E-state index in [4.69, 9.17) is 0 Å². The van der Waals surface area contributed by atoms with Gasteiger partial charge in [-0.1, -0.05) is 48.5 Å². The van der Waals surface area contributed by atoms with Gasteiger partial charge in [-0.15, -0.1) is 0 Å². The number of benzene rings is 3. The Kier molecular flexibility index (Phi) is 5.35. The summed E-state index contributed by atoms with van der Waals surface area (Å²) in [6.07, 6.45) is 1.71. The second-order valence-corrected chi connectivity index (χ2v) is 8.44. The highest BCUT2D eigenvalue weighted by atomic mass is 16.2. The van der Waals surface area contributed by atoms with Gasteiger partial charge in [-0.3, -0.25) is 14.4 Å². The van der Waals surface area contributed by atoms with Crippen molar-refractivity contribution in [2.24, 2.45) is 5.92 Å². The number of nitrogens with zero attached hydrogens (tertiary/aromatic N) is 2. The lowest BCUT2D eigenvalue weighted by molar-refractivity contribution is -0.126. The zero-order valence-corrected chi connectivity index (χ0v) is 17.8. The largest absolute Gasteiger partial charge is 0.352 e. The average molecular weight is 428 g/mol. The lowest BCUT2D eigenvalue weighted by Gasteiger charge is -2.19. The molecule has 0 spiro atoms. The number of carbonyl (C=O) groups excluding carboxylic acids is 3. The van der Waals surface area contributed by atoms with Crippen LogP contribution in [-0.4, -0.2) is 30.8 Å². The molecular formula is C26H25N3O3. The first-order chi connectivity index (χ1) is 15.6. The topological polar surface area (TPSA) is 69.7 Å². The maximum absolute atomic E-state index is 12.8. The molecule has 0 aromatic heterocycles. The molecule has 3 aromatic rings. The van der Waals surface area contributed by atoms with Crippen LogP contribution in [-0.2, 0) is 20.9 Å². The molecular weight excluding hydrogens is 402 g/mol. The third kappa shape index (κ3) is 3.84. The van der Waals surface area contributed by atoms with E-state index in [2.05, 4.69) is 5.32 Å². The molecule has 3 aromatic carbocycles. The van der Waals surface area contributed by atoms with Gasteiger partial charge >= 0.3 is 0 Å². The molecule has 2 fully saturated rings. The number of carbonyl (C=O) groups is 3. The van der Waals surface area contributed by atoms with Gasteiger partial charge in [0, 0.05) is 43.5 Å². The number of hydrogen-bond acceptors (Lipinski definition) is 3. The Balaban J connectivity index is 1.22. The van der Waals surface area contributed by atoms with Crippen LogP contribution in [0.25, 0.3) is 10.8 Å². The van der Waals surface area contributed by atoms with E-state index < -0.39 is 0 Å². The SMILES string of the molecule is O=C(NCc1ccc(N2CCCC2=O)cc1)C1CC(=O)N(c2cccc3ccccc23)C1. The molecule has 32 heavy (non-hydrogen) atoms. The van der Waals surface area contributed by atoms with Crippen molar-refractivity contribution in [2.75, 3.05) is 22.9 Å². The van der Waals surface area contributed by atoms with Crippen LogP contribution in [0.15, 0.2) is 66.7 Å². The van der Waals surface area contributed by atoms with E-state index in [1.54, 1.807) is 9.80 Å². The Bertz CT molecular complexity index is 1180. The fraction of sp³-hybridized carbons (Fsp3) is 0.269. The Morgan fingerprint density at radius 2 is 1.69 bits per heavy atom. The van der Waals surface area contributed by atoms with Crippen LogP contribution in [0.1, 0.15) is 24.8 Å². The maximum Gasteiger partial charge on any atom is 0.227 e. The monoisotopic (exact) mass is 427 g/mol. The van der Waals surface area contributed by atoms with Crippen molar-refractivity contribution in [3.8, 4) is 0 Å². The summed E-state index contributed by atoms with van der Waals surface area (Å²) in [4.78, 5) is 40.9. The third-order valence-corrected chi connectivity index (χ3v) is 6.34. The van der Waals surface area contributed by atoms with Crippen molar-refractivity contribution in [3.05, 3.63) is 72.3 Å². The van der Waals surface area contributed by atoms with E-state index in [-0.39, 0.29) is 30.1 Å². The van der Waals surface area contributed by atoms with Crippen molar-refractivity contribution >= 4 is 39.9 Å². The van der Waals surface area contributed by atoms with Crippen LogP contribution in [0.4, 0.5) is 11.4 Å². The van der Waals surface area contributed by atoms with Crippen molar-refractivity contribution < 1.29 is 14.4 Å². The predicted octanol–water partition coefficient (Wildman–Crippen LogP) is 3.64. The van der Waals surface area contributed by atoms with E-state index in [9.17, 15) is 14.4 Å². The van der Waals surface area contributed by atoms with Crippen LogP contribution in [0, 0.1) is 5.92 Å². The standard InChI is InChI=1S/C26H25N3O3/c30-24-9-4-14-28(24)21-12-10-18(11-13-21)16-27-26(32)20-15-25(31)29(17-20)23-8-3-6-19-5-1-2-7-22(19)23/h1-3,5-8,10-13,20H,4,9,14-17H2,(H,27,32). The average Bonchev–Trinajstić information content (AvgIpc) is 3.43. The molecule has 2 aliphatic rings. The van der Waals surface area contributed by atoms with Gasteiger partial charge in [-0.05, 0) is 35.6 Å². The van der Waals surface area contributed by atoms with Crippen LogP contribution in [0.3, 0.4) is 0 Å². The molecule has 2 aliphatic heterocycles. The highest BCUT2D eigenvalue weighted by Gasteiger charge is 2.35. The van der Waals surface area contributed by atoms with Gasteiger partial charge < -0.3 is 15.1 Å². The van der Waals surface area contributed by atoms with E-state index in [0.29, 0.717) is 19.5 Å². The van der Waals surface area contributed by atoms with E-state index in [0.717, 1.165) is 40.7 Å². The minimum absolute atomic E-state index is 0.0267. The van der Waals surface area contributed by atoms with Crippen LogP contribution >= 0.6 is 0 Å². The lowest BCUT2D eigenvalue weighted by atomic mass is 10.1. The minimum atomic E-state index is -0.372. The van der Waals surface area contributed by atoms with Gasteiger partial charge in [-0.25, -0.2) is 0 Å². The first-order valence-electron chi connectivity index (χ1n) is 11.1. The van der Waals surface area contributed by atoms with Crippen LogP contribution < -0.4 is 15.1 Å². The van der Waals surface area contributed by atoms with Crippen LogP contribution in [0.5, 0.6) is 0 Å². The summed E-state index contributed by atoms with van der Waals surface area (Å²) in [6, 6.07) is 21.6. The molecule has 6 nitrogen and oxygen atoms in total. The van der Waals surface area contributed by atoms with Gasteiger partial charge in [0.25, 0.3) is 0 Å². The second-order valence-electron chi connectivity index (χ2n) is 8.44. The molecule has 5 rings (SSSR count). The fourth-order valence-corrected chi connectivity index (χ4v) is 4.61. The molecule has 1 N–H and O–H groups in total. The second kappa shape index (κ2) is 8.46. The Hall–Kier alpha value is -3.67. The normalized spacial score (nSPS) is 18.6. The summed E-state index contributed by atoms with van der Waals surface area (Å²) < 4.78 is 0. The molecule has 1 unspecified atom stereocenters. The number of nitrogens with one attached hydrogen (secondary N) is 1. The summed E-state index contributed by atoms with van der Waals surface area (Å²) in [5.74, 6) is -0.350. The molecule has 6 heteroatoms. The quantitative estimate of drug-likeness (QED) is 0.676. The molecule has 162 valence electrons. The van der Waals surface area contributed by atoms with Gasteiger partial charge in [0.15, 0.2) is 0 Å². The van der Waals surface area contributed by atoms with Gasteiger partial charge in [-0.2, -0.15) is 0 Å². The summed E-state index contributed by atoms with van der Waals surface area (Å²) in [5.41, 5.74) is 2.72. The Morgan fingerprint density at radius 3 is 2.47 bits per heavy atom. The fourth-order valence-electron chi connectivity index (χ4n) is 4.61. The van der Waals surface area contributed by atoms with Crippen molar-refractivity contribution in [3.63, 3.8) is 0 Å². The predicted molar refractivity (Wildman–Crippen MR) is 124 cm³/mol. The van der Waals surface area contributed by atoms with Gasteiger partial charge in [0.05, 0.1) is 11.6 Å². The van der Waals surface area contributed by atoms with Crippen LogP contribution in [0.2, 0.25) is 0 Å². The van der Waals surface area contributed by atoms with E-state index >= 15 is 0 Å². The number of amides is 3. The molecule has 2 saturated heterocycles. The minimum Gasteiger partial charge on any atom is -0.352 e. The molecule has 1 atom stereocenters. The zero-order chi connectivity index (χ0) is 22.1. The Morgan fingerprint density at radius 1 is 0.906 bits per heavy atom. The van der Waals surface area contributed by atoms with Gasteiger partial charge in [0.2, 0.25) is 17.7 Å². The highest BCUT2D eigenvalue weighted by Crippen LogP contribution is 2.31. The number of anilines is 2. The highest BCUT2D eigenvalue weighted by molar-refractivity contribution is 6.07. The number of fused-ring (bicyclic) bond motifs is 1. The first-order valence-corrected chi connectivity index (χ1v) is 11.1. The number of rotatable bonds is 5. The Labute approximate surface area is 186 Å². The zero-order valence-electron chi connectivity index (χ0n) is 17.8. The third-order valence-electron chi connectivity index (χ3n) is 6.34. The smallest absolute Gasteiger partial charge is 0.227 e. The van der Waals surface area contributed by atoms with Crippen molar-refractivity contribution in [1.29, 1.82) is 0 Å². The van der Waals surface area contributed by atoms with Gasteiger partial charge in [0.1, 0.15) is 0 Å². The molecule has 3 amide bonds. The molecule has 0 radical (unpaired) electrons. The number of hydrogen-bond donors (Lipinski definition) is 1. The summed E-state index contributed by atoms with van der Waals surface area (Å²) >= 11 is 0. The van der Waals surface area contributed by atoms with E-state index in [1.165, 1.54) is 0 Å². The molecule has 0 aliphatic carbocycles. The molecule has 2 heterocycles. The molecule has 0 bridgehead atoms. The summed E-state index contributed by atoms with van der Waals surface area (Å²) in [6.45, 7) is 1.54. The maximum atomic E-state index is 12.8. The molecule has 0 saturated carbocycles. The van der Waals surface area contributed by atoms with Crippen molar-refractivity contribution in [1.82, 2.24) is 5.32 Å². The van der Waals surface area contributed by atoms with Crippen molar-refractivity contribution in [2.45, 2.75) is 25.8 Å². The summed E-state index contributed by atoms with van der Waals surface area (Å²) in [5, 5.41) is 5.06.